The lowest BCUT2D eigenvalue weighted by Gasteiger charge is -2.37. The number of pyridine rings is 1. The standard InChI is InChI=1S/C18H23N3O2S/c1-21(11-14-5-2-3-7-19-14)12-17(23)20-18(13-9-15(22)10-13)16-6-4-8-24-16/h2-8,13,15,18,22H,9-12H2,1H3,(H,20,23)/t13?,15?,18-/m0/s1. The van der Waals surface area contributed by atoms with Crippen molar-refractivity contribution in [2.24, 2.45) is 5.92 Å². The predicted octanol–water partition coefficient (Wildman–Crippen LogP) is 2.20. The van der Waals surface area contributed by atoms with Crippen molar-refractivity contribution in [2.75, 3.05) is 13.6 Å². The molecule has 1 amide bonds. The minimum atomic E-state index is -0.221. The molecule has 0 spiro atoms. The second-order valence-corrected chi connectivity index (χ2v) is 7.42. The average Bonchev–Trinajstić information content (AvgIpc) is 3.05. The number of rotatable bonds is 7. The van der Waals surface area contributed by atoms with Crippen LogP contribution in [0.1, 0.15) is 29.5 Å². The van der Waals surface area contributed by atoms with Crippen molar-refractivity contribution < 1.29 is 9.90 Å². The summed E-state index contributed by atoms with van der Waals surface area (Å²) in [5, 5.41) is 14.8. The molecule has 0 bridgehead atoms. The lowest BCUT2D eigenvalue weighted by molar-refractivity contribution is -0.124. The maximum absolute atomic E-state index is 12.4. The molecule has 1 atom stereocenters. The Bertz CT molecular complexity index is 642. The van der Waals surface area contributed by atoms with Crippen LogP contribution >= 0.6 is 11.3 Å². The van der Waals surface area contributed by atoms with E-state index in [2.05, 4.69) is 16.4 Å². The number of aliphatic hydroxyl groups is 1. The van der Waals surface area contributed by atoms with Crippen LogP contribution in [-0.4, -0.2) is 40.6 Å². The first kappa shape index (κ1) is 17.1. The molecule has 0 aromatic carbocycles. The predicted molar refractivity (Wildman–Crippen MR) is 94.5 cm³/mol. The van der Waals surface area contributed by atoms with Gasteiger partial charge in [-0.25, -0.2) is 0 Å². The molecule has 24 heavy (non-hydrogen) atoms. The Labute approximate surface area is 146 Å². The molecule has 1 aliphatic rings. The van der Waals surface area contributed by atoms with Crippen molar-refractivity contribution in [1.82, 2.24) is 15.2 Å². The maximum atomic E-state index is 12.4. The summed E-state index contributed by atoms with van der Waals surface area (Å²) < 4.78 is 0. The van der Waals surface area contributed by atoms with Crippen molar-refractivity contribution in [3.8, 4) is 0 Å². The molecular formula is C18H23N3O2S. The summed E-state index contributed by atoms with van der Waals surface area (Å²) in [5.41, 5.74) is 0.949. The molecule has 6 heteroatoms. The third-order valence-electron chi connectivity index (χ3n) is 4.36. The lowest BCUT2D eigenvalue weighted by Crippen LogP contribution is -2.43. The Balaban J connectivity index is 1.55. The van der Waals surface area contributed by atoms with Crippen LogP contribution in [0.3, 0.4) is 0 Å². The van der Waals surface area contributed by atoms with Crippen LogP contribution in [0.25, 0.3) is 0 Å². The number of hydrogen-bond donors (Lipinski definition) is 2. The number of thiophene rings is 1. The second-order valence-electron chi connectivity index (χ2n) is 6.44. The average molecular weight is 345 g/mol. The number of nitrogens with one attached hydrogen (secondary N) is 1. The Hall–Kier alpha value is -1.76. The molecule has 0 saturated heterocycles. The molecule has 1 saturated carbocycles. The third kappa shape index (κ3) is 4.41. The van der Waals surface area contributed by atoms with E-state index in [1.54, 1.807) is 17.5 Å². The Morgan fingerprint density at radius 3 is 2.88 bits per heavy atom. The molecule has 0 aliphatic heterocycles. The molecular weight excluding hydrogens is 322 g/mol. The zero-order chi connectivity index (χ0) is 16.9. The SMILES string of the molecule is CN(CC(=O)N[C@H](c1cccs1)C1CC(O)C1)Cc1ccccn1. The number of hydrogen-bond acceptors (Lipinski definition) is 5. The van der Waals surface area contributed by atoms with Gasteiger partial charge >= 0.3 is 0 Å². The topological polar surface area (TPSA) is 65.5 Å². The van der Waals surface area contributed by atoms with Crippen LogP contribution in [0, 0.1) is 5.92 Å². The molecule has 0 radical (unpaired) electrons. The molecule has 0 unspecified atom stereocenters. The van der Waals surface area contributed by atoms with Crippen molar-refractivity contribution in [3.05, 3.63) is 52.5 Å². The van der Waals surface area contributed by atoms with Gasteiger partial charge in [0.2, 0.25) is 5.91 Å². The van der Waals surface area contributed by atoms with Gasteiger partial charge in [0, 0.05) is 17.6 Å². The van der Waals surface area contributed by atoms with Crippen LogP contribution in [0.15, 0.2) is 41.9 Å². The molecule has 2 aromatic rings. The largest absolute Gasteiger partial charge is 0.393 e. The summed E-state index contributed by atoms with van der Waals surface area (Å²) in [6.07, 6.45) is 3.05. The summed E-state index contributed by atoms with van der Waals surface area (Å²) in [7, 11) is 1.92. The van der Waals surface area contributed by atoms with Gasteiger partial charge in [-0.05, 0) is 49.4 Å². The van der Waals surface area contributed by atoms with Gasteiger partial charge in [0.1, 0.15) is 0 Å². The first-order valence-corrected chi connectivity index (χ1v) is 9.09. The fraction of sp³-hybridized carbons (Fsp3) is 0.444. The van der Waals surface area contributed by atoms with Gasteiger partial charge in [-0.1, -0.05) is 12.1 Å². The first-order valence-electron chi connectivity index (χ1n) is 8.21. The number of carbonyl (C=O) groups excluding carboxylic acids is 1. The summed E-state index contributed by atoms with van der Waals surface area (Å²) >= 11 is 1.65. The molecule has 5 nitrogen and oxygen atoms in total. The highest BCUT2D eigenvalue weighted by molar-refractivity contribution is 7.10. The van der Waals surface area contributed by atoms with E-state index >= 15 is 0 Å². The van der Waals surface area contributed by atoms with Crippen LogP contribution in [0.5, 0.6) is 0 Å². The van der Waals surface area contributed by atoms with E-state index in [1.165, 1.54) is 0 Å². The van der Waals surface area contributed by atoms with Crippen molar-refractivity contribution in [1.29, 1.82) is 0 Å². The monoisotopic (exact) mass is 345 g/mol. The quantitative estimate of drug-likeness (QED) is 0.807. The van der Waals surface area contributed by atoms with E-state index in [0.29, 0.717) is 19.0 Å². The van der Waals surface area contributed by atoms with E-state index in [4.69, 9.17) is 0 Å². The fourth-order valence-corrected chi connectivity index (χ4v) is 3.95. The van der Waals surface area contributed by atoms with E-state index in [0.717, 1.165) is 23.4 Å². The lowest BCUT2D eigenvalue weighted by atomic mass is 9.77. The van der Waals surface area contributed by atoms with E-state index in [1.807, 2.05) is 41.6 Å². The van der Waals surface area contributed by atoms with Crippen LogP contribution in [-0.2, 0) is 11.3 Å². The Morgan fingerprint density at radius 1 is 1.42 bits per heavy atom. The molecule has 128 valence electrons. The van der Waals surface area contributed by atoms with Gasteiger partial charge in [-0.15, -0.1) is 11.3 Å². The van der Waals surface area contributed by atoms with E-state index in [-0.39, 0.29) is 18.1 Å². The molecule has 2 heterocycles. The van der Waals surface area contributed by atoms with E-state index in [9.17, 15) is 9.90 Å². The first-order chi connectivity index (χ1) is 11.6. The molecule has 1 aliphatic carbocycles. The number of amides is 1. The van der Waals surface area contributed by atoms with Crippen LogP contribution < -0.4 is 5.32 Å². The van der Waals surface area contributed by atoms with E-state index < -0.39 is 0 Å². The highest BCUT2D eigenvalue weighted by Crippen LogP contribution is 2.39. The highest BCUT2D eigenvalue weighted by atomic mass is 32.1. The number of aliphatic hydroxyl groups excluding tert-OH is 1. The van der Waals surface area contributed by atoms with Crippen molar-refractivity contribution in [3.63, 3.8) is 0 Å². The summed E-state index contributed by atoms with van der Waals surface area (Å²) in [4.78, 5) is 19.8. The van der Waals surface area contributed by atoms with Crippen LogP contribution in [0.4, 0.5) is 0 Å². The van der Waals surface area contributed by atoms with Crippen LogP contribution in [0.2, 0.25) is 0 Å². The molecule has 1 fully saturated rings. The number of nitrogens with zero attached hydrogens (tertiary/aromatic N) is 2. The summed E-state index contributed by atoms with van der Waals surface area (Å²) in [5.74, 6) is 0.330. The van der Waals surface area contributed by atoms with Gasteiger partial charge in [-0.2, -0.15) is 0 Å². The number of aromatic nitrogens is 1. The molecule has 2 aromatic heterocycles. The molecule has 2 N–H and O–H groups in total. The molecule has 3 rings (SSSR count). The fourth-order valence-electron chi connectivity index (χ4n) is 3.08. The minimum absolute atomic E-state index is 0.00384. The maximum Gasteiger partial charge on any atom is 0.234 e. The normalized spacial score (nSPS) is 21.3. The van der Waals surface area contributed by atoms with Crippen molar-refractivity contribution >= 4 is 17.2 Å². The smallest absolute Gasteiger partial charge is 0.234 e. The summed E-state index contributed by atoms with van der Waals surface area (Å²) in [6.45, 7) is 0.966. The van der Waals surface area contributed by atoms with Gasteiger partial charge in [0.05, 0.1) is 24.4 Å². The zero-order valence-corrected chi connectivity index (χ0v) is 14.6. The zero-order valence-electron chi connectivity index (χ0n) is 13.8. The minimum Gasteiger partial charge on any atom is -0.393 e. The third-order valence-corrected chi connectivity index (χ3v) is 5.31. The highest BCUT2D eigenvalue weighted by Gasteiger charge is 2.36. The Morgan fingerprint density at radius 2 is 2.25 bits per heavy atom. The summed E-state index contributed by atoms with van der Waals surface area (Å²) in [6, 6.07) is 9.85. The van der Waals surface area contributed by atoms with Gasteiger partial charge in [0.25, 0.3) is 0 Å². The second kappa shape index (κ2) is 7.88. The van der Waals surface area contributed by atoms with Crippen molar-refractivity contribution in [2.45, 2.75) is 31.5 Å². The van der Waals surface area contributed by atoms with Gasteiger partial charge in [0.15, 0.2) is 0 Å². The van der Waals surface area contributed by atoms with Gasteiger partial charge in [-0.3, -0.25) is 14.7 Å². The van der Waals surface area contributed by atoms with Gasteiger partial charge < -0.3 is 10.4 Å². The Kier molecular flexibility index (Phi) is 5.60. The number of likely N-dealkylation sites (N-methyl/N-ethyl adjacent to an activating group) is 1. The number of carbonyl (C=O) groups is 1.